The standard InChI is InChI=1S/C10H10ClN3O2/c1-16-10(15)9(13-14-12)6-7-2-4-8(11)5-3-7/h2-5,9H,6H2,1H3. The molecule has 0 bridgehead atoms. The fraction of sp³-hybridized carbons (Fsp3) is 0.300. The Balaban J connectivity index is 2.79. The van der Waals surface area contributed by atoms with E-state index in [2.05, 4.69) is 14.8 Å². The summed E-state index contributed by atoms with van der Waals surface area (Å²) >= 11 is 5.73. The number of nitrogens with zero attached hydrogens (tertiary/aromatic N) is 3. The number of methoxy groups -OCH3 is 1. The van der Waals surface area contributed by atoms with Crippen LogP contribution in [0.25, 0.3) is 10.4 Å². The first-order valence-electron chi connectivity index (χ1n) is 4.54. The number of azide groups is 1. The van der Waals surface area contributed by atoms with E-state index in [1.54, 1.807) is 24.3 Å². The maximum Gasteiger partial charge on any atom is 0.314 e. The minimum absolute atomic E-state index is 0.300. The molecule has 0 heterocycles. The number of benzene rings is 1. The van der Waals surface area contributed by atoms with Gasteiger partial charge in [0, 0.05) is 9.93 Å². The Labute approximate surface area is 97.6 Å². The minimum atomic E-state index is -0.837. The molecule has 0 N–H and O–H groups in total. The van der Waals surface area contributed by atoms with Crippen LogP contribution in [0.2, 0.25) is 5.02 Å². The lowest BCUT2D eigenvalue weighted by molar-refractivity contribution is -0.142. The second-order valence-corrected chi connectivity index (χ2v) is 3.51. The van der Waals surface area contributed by atoms with Crippen molar-refractivity contribution in [1.82, 2.24) is 0 Å². The molecule has 84 valence electrons. The predicted octanol–water partition coefficient (Wildman–Crippen LogP) is 2.73. The number of carbonyl (C=O) groups is 1. The third-order valence-electron chi connectivity index (χ3n) is 2.01. The highest BCUT2D eigenvalue weighted by molar-refractivity contribution is 6.30. The average molecular weight is 240 g/mol. The highest BCUT2D eigenvalue weighted by Crippen LogP contribution is 2.12. The van der Waals surface area contributed by atoms with Gasteiger partial charge >= 0.3 is 5.97 Å². The van der Waals surface area contributed by atoms with Gasteiger partial charge in [0.25, 0.3) is 0 Å². The summed E-state index contributed by atoms with van der Waals surface area (Å²) in [6.07, 6.45) is 0.300. The van der Waals surface area contributed by atoms with Crippen LogP contribution in [0, 0.1) is 0 Å². The molecule has 0 aliphatic carbocycles. The van der Waals surface area contributed by atoms with Crippen molar-refractivity contribution in [2.24, 2.45) is 5.11 Å². The van der Waals surface area contributed by atoms with Gasteiger partial charge in [0.2, 0.25) is 0 Å². The SMILES string of the molecule is COC(=O)C(Cc1ccc(Cl)cc1)N=[N+]=[N-]. The molecule has 16 heavy (non-hydrogen) atoms. The molecule has 1 atom stereocenters. The van der Waals surface area contributed by atoms with Crippen LogP contribution in [0.5, 0.6) is 0 Å². The fourth-order valence-electron chi connectivity index (χ4n) is 1.21. The Hall–Kier alpha value is -1.71. The van der Waals surface area contributed by atoms with Crippen LogP contribution >= 0.6 is 11.6 Å². The van der Waals surface area contributed by atoms with Gasteiger partial charge in [-0.2, -0.15) is 0 Å². The van der Waals surface area contributed by atoms with E-state index in [9.17, 15) is 4.79 Å². The lowest BCUT2D eigenvalue weighted by Gasteiger charge is -2.08. The zero-order chi connectivity index (χ0) is 12.0. The summed E-state index contributed by atoms with van der Waals surface area (Å²) < 4.78 is 4.53. The fourth-order valence-corrected chi connectivity index (χ4v) is 1.34. The van der Waals surface area contributed by atoms with E-state index < -0.39 is 12.0 Å². The van der Waals surface area contributed by atoms with Crippen molar-refractivity contribution in [3.05, 3.63) is 45.3 Å². The molecule has 0 saturated carbocycles. The Bertz CT molecular complexity index is 413. The van der Waals surface area contributed by atoms with Crippen LogP contribution in [0.4, 0.5) is 0 Å². The molecule has 0 aliphatic rings. The highest BCUT2D eigenvalue weighted by atomic mass is 35.5. The molecule has 1 rings (SSSR count). The Kier molecular flexibility index (Phi) is 4.64. The molecule has 5 nitrogen and oxygen atoms in total. The van der Waals surface area contributed by atoms with Crippen LogP contribution in [-0.4, -0.2) is 19.1 Å². The van der Waals surface area contributed by atoms with Gasteiger partial charge in [-0.25, -0.2) is 0 Å². The van der Waals surface area contributed by atoms with Crippen LogP contribution < -0.4 is 0 Å². The molecule has 0 fully saturated rings. The van der Waals surface area contributed by atoms with Gasteiger partial charge in [-0.3, -0.25) is 4.79 Å². The molecule has 0 aliphatic heterocycles. The summed E-state index contributed by atoms with van der Waals surface area (Å²) in [4.78, 5) is 13.9. The second kappa shape index (κ2) is 6.00. The molecule has 1 aromatic rings. The molecule has 0 radical (unpaired) electrons. The number of hydrogen-bond donors (Lipinski definition) is 0. The van der Waals surface area contributed by atoms with Crippen LogP contribution in [0.15, 0.2) is 29.4 Å². The van der Waals surface area contributed by atoms with Gasteiger partial charge in [-0.15, -0.1) is 0 Å². The Morgan fingerprint density at radius 1 is 1.56 bits per heavy atom. The number of halogens is 1. The third-order valence-corrected chi connectivity index (χ3v) is 2.26. The first kappa shape index (κ1) is 12.4. The summed E-state index contributed by atoms with van der Waals surface area (Å²) in [5.74, 6) is -0.548. The third kappa shape index (κ3) is 3.46. The van der Waals surface area contributed by atoms with E-state index in [4.69, 9.17) is 17.1 Å². The predicted molar refractivity (Wildman–Crippen MR) is 60.1 cm³/mol. The molecule has 0 amide bonds. The van der Waals surface area contributed by atoms with E-state index in [-0.39, 0.29) is 0 Å². The van der Waals surface area contributed by atoms with Crippen LogP contribution in [0.1, 0.15) is 5.56 Å². The molecular formula is C10H10ClN3O2. The van der Waals surface area contributed by atoms with Crippen molar-refractivity contribution < 1.29 is 9.53 Å². The summed E-state index contributed by atoms with van der Waals surface area (Å²) in [5.41, 5.74) is 9.19. The van der Waals surface area contributed by atoms with Crippen LogP contribution in [-0.2, 0) is 16.0 Å². The molecule has 0 saturated heterocycles. The summed E-state index contributed by atoms with van der Waals surface area (Å²) in [7, 11) is 1.25. The minimum Gasteiger partial charge on any atom is -0.469 e. The van der Waals surface area contributed by atoms with Crippen molar-refractivity contribution in [2.75, 3.05) is 7.11 Å². The largest absolute Gasteiger partial charge is 0.469 e. The van der Waals surface area contributed by atoms with Gasteiger partial charge in [-0.05, 0) is 29.6 Å². The zero-order valence-electron chi connectivity index (χ0n) is 8.63. The lowest BCUT2D eigenvalue weighted by atomic mass is 10.1. The van der Waals surface area contributed by atoms with Gasteiger partial charge in [0.1, 0.15) is 6.04 Å². The molecule has 6 heteroatoms. The monoisotopic (exact) mass is 239 g/mol. The van der Waals surface area contributed by atoms with Crippen molar-refractivity contribution in [3.8, 4) is 0 Å². The first-order valence-corrected chi connectivity index (χ1v) is 4.91. The molecule has 0 spiro atoms. The second-order valence-electron chi connectivity index (χ2n) is 3.07. The quantitative estimate of drug-likeness (QED) is 0.351. The Morgan fingerprint density at radius 2 is 2.19 bits per heavy atom. The van der Waals surface area contributed by atoms with E-state index in [1.165, 1.54) is 7.11 Å². The van der Waals surface area contributed by atoms with E-state index in [0.717, 1.165) is 5.56 Å². The zero-order valence-corrected chi connectivity index (χ0v) is 9.39. The van der Waals surface area contributed by atoms with E-state index in [0.29, 0.717) is 11.4 Å². The van der Waals surface area contributed by atoms with Gasteiger partial charge in [0.15, 0.2) is 0 Å². The smallest absolute Gasteiger partial charge is 0.314 e. The number of carbonyl (C=O) groups excluding carboxylic acids is 1. The Morgan fingerprint density at radius 3 is 2.69 bits per heavy atom. The number of rotatable bonds is 4. The van der Waals surface area contributed by atoms with Crippen molar-refractivity contribution in [1.29, 1.82) is 0 Å². The number of ether oxygens (including phenoxy) is 1. The van der Waals surface area contributed by atoms with Crippen molar-refractivity contribution >= 4 is 17.6 Å². The van der Waals surface area contributed by atoms with E-state index >= 15 is 0 Å². The molecule has 1 unspecified atom stereocenters. The summed E-state index contributed by atoms with van der Waals surface area (Å²) in [5, 5.41) is 4.00. The lowest BCUT2D eigenvalue weighted by Crippen LogP contribution is -2.22. The van der Waals surface area contributed by atoms with E-state index in [1.807, 2.05) is 0 Å². The maximum absolute atomic E-state index is 11.3. The molecule has 0 aromatic heterocycles. The summed E-state index contributed by atoms with van der Waals surface area (Å²) in [6, 6.07) is 6.12. The molecular weight excluding hydrogens is 230 g/mol. The first-order chi connectivity index (χ1) is 7.67. The topological polar surface area (TPSA) is 75.1 Å². The van der Waals surface area contributed by atoms with Gasteiger partial charge < -0.3 is 4.74 Å². The van der Waals surface area contributed by atoms with Crippen molar-refractivity contribution in [2.45, 2.75) is 12.5 Å². The van der Waals surface area contributed by atoms with Gasteiger partial charge in [-0.1, -0.05) is 28.8 Å². The number of hydrogen-bond acceptors (Lipinski definition) is 3. The van der Waals surface area contributed by atoms with Crippen LogP contribution in [0.3, 0.4) is 0 Å². The maximum atomic E-state index is 11.3. The average Bonchev–Trinajstić information content (AvgIpc) is 2.30. The van der Waals surface area contributed by atoms with Crippen molar-refractivity contribution in [3.63, 3.8) is 0 Å². The molecule has 1 aromatic carbocycles. The van der Waals surface area contributed by atoms with Gasteiger partial charge in [0.05, 0.1) is 7.11 Å². The number of esters is 1. The highest BCUT2D eigenvalue weighted by Gasteiger charge is 2.17. The normalized spacial score (nSPS) is 11.4. The summed E-state index contributed by atoms with van der Waals surface area (Å²) in [6.45, 7) is 0.